The van der Waals surface area contributed by atoms with Crippen LogP contribution in [-0.2, 0) is 11.3 Å². The van der Waals surface area contributed by atoms with Crippen LogP contribution in [-0.4, -0.2) is 29.1 Å². The highest BCUT2D eigenvalue weighted by Gasteiger charge is 2.54. The van der Waals surface area contributed by atoms with Gasteiger partial charge in [0.05, 0.1) is 5.41 Å². The molecule has 2 atom stereocenters. The van der Waals surface area contributed by atoms with Crippen molar-refractivity contribution in [3.8, 4) is 10.4 Å². The van der Waals surface area contributed by atoms with Gasteiger partial charge in [-0.1, -0.05) is 18.6 Å². The topological polar surface area (TPSA) is 40.5 Å². The number of thiophene rings is 1. The van der Waals surface area contributed by atoms with Crippen molar-refractivity contribution < 1.29 is 14.3 Å². The third-order valence-electron chi connectivity index (χ3n) is 5.52. The van der Waals surface area contributed by atoms with Crippen LogP contribution in [0.5, 0.6) is 0 Å². The van der Waals surface area contributed by atoms with E-state index in [1.54, 1.807) is 23.5 Å². The van der Waals surface area contributed by atoms with Gasteiger partial charge in [-0.05, 0) is 48.6 Å². The number of carbonyl (C=O) groups is 1. The van der Waals surface area contributed by atoms with E-state index in [0.717, 1.165) is 42.8 Å². The summed E-state index contributed by atoms with van der Waals surface area (Å²) in [7, 11) is 0. The van der Waals surface area contributed by atoms with E-state index in [9.17, 15) is 14.3 Å². The second kappa shape index (κ2) is 5.97. The van der Waals surface area contributed by atoms with Gasteiger partial charge in [-0.3, -0.25) is 9.69 Å². The molecule has 5 heteroatoms. The van der Waals surface area contributed by atoms with Gasteiger partial charge in [-0.15, -0.1) is 11.3 Å². The Morgan fingerprint density at radius 3 is 3.00 bits per heavy atom. The normalized spacial score (nSPS) is 26.6. The van der Waals surface area contributed by atoms with Gasteiger partial charge in [0.2, 0.25) is 0 Å². The minimum Gasteiger partial charge on any atom is -0.481 e. The molecule has 0 unspecified atom stereocenters. The number of likely N-dealkylation sites (tertiary alicyclic amines) is 1. The quantitative estimate of drug-likeness (QED) is 0.901. The number of halogens is 1. The van der Waals surface area contributed by atoms with Crippen LogP contribution in [0.4, 0.5) is 4.39 Å². The minimum absolute atomic E-state index is 0.224. The average molecular weight is 345 g/mol. The molecule has 3 nitrogen and oxygen atoms in total. The molecular formula is C19H20FNO2S. The molecule has 1 aliphatic heterocycles. The summed E-state index contributed by atoms with van der Waals surface area (Å²) in [5.41, 5.74) is 0.370. The molecule has 1 N–H and O–H groups in total. The van der Waals surface area contributed by atoms with Crippen LogP contribution in [0.25, 0.3) is 10.4 Å². The van der Waals surface area contributed by atoms with Gasteiger partial charge >= 0.3 is 5.97 Å². The zero-order chi connectivity index (χ0) is 16.7. The van der Waals surface area contributed by atoms with Gasteiger partial charge in [0.15, 0.2) is 0 Å². The summed E-state index contributed by atoms with van der Waals surface area (Å²) in [5.74, 6) is -0.560. The maximum Gasteiger partial charge on any atom is 0.311 e. The Hall–Kier alpha value is -1.72. The lowest BCUT2D eigenvalue weighted by molar-refractivity contribution is -0.149. The molecule has 1 aromatic carbocycles. The molecule has 126 valence electrons. The van der Waals surface area contributed by atoms with Crippen molar-refractivity contribution in [1.29, 1.82) is 0 Å². The smallest absolute Gasteiger partial charge is 0.311 e. The fraction of sp³-hybridized carbons (Fsp3) is 0.421. The largest absolute Gasteiger partial charge is 0.481 e. The third kappa shape index (κ3) is 2.66. The molecule has 2 fully saturated rings. The summed E-state index contributed by atoms with van der Waals surface area (Å²) in [4.78, 5) is 16.3. The third-order valence-corrected chi connectivity index (χ3v) is 6.64. The monoisotopic (exact) mass is 345 g/mol. The second-order valence-corrected chi connectivity index (χ2v) is 8.16. The van der Waals surface area contributed by atoms with Crippen molar-refractivity contribution in [2.75, 3.05) is 13.1 Å². The molecule has 0 radical (unpaired) electrons. The first-order valence-electron chi connectivity index (χ1n) is 8.37. The first kappa shape index (κ1) is 15.8. The predicted octanol–water partition coefficient (Wildman–Crippen LogP) is 4.24. The second-order valence-electron chi connectivity index (χ2n) is 7.00. The fourth-order valence-corrected chi connectivity index (χ4v) is 5.39. The van der Waals surface area contributed by atoms with E-state index < -0.39 is 11.4 Å². The number of carboxylic acids is 1. The maximum absolute atomic E-state index is 13.4. The van der Waals surface area contributed by atoms with E-state index in [-0.39, 0.29) is 11.7 Å². The number of hydrogen-bond acceptors (Lipinski definition) is 3. The standard InChI is InChI=1S/C19H20FNO2S/c20-15-5-1-3-13(9-15)17-7-6-16(24-17)11-21-10-14-4-2-8-19(14,12-21)18(22)23/h1,3,5-7,9,14H,2,4,8,10-12H2,(H,22,23)/t14-,19+/m0/s1. The number of hydrogen-bond donors (Lipinski definition) is 1. The van der Waals surface area contributed by atoms with Gasteiger partial charge in [0, 0.05) is 29.4 Å². The molecule has 1 aromatic heterocycles. The average Bonchev–Trinajstić information content (AvgIpc) is 3.21. The van der Waals surface area contributed by atoms with E-state index in [4.69, 9.17) is 0 Å². The van der Waals surface area contributed by atoms with Gasteiger partial charge < -0.3 is 5.11 Å². The van der Waals surface area contributed by atoms with Crippen molar-refractivity contribution in [3.63, 3.8) is 0 Å². The molecule has 0 spiro atoms. The highest BCUT2D eigenvalue weighted by molar-refractivity contribution is 7.15. The number of nitrogens with zero attached hydrogens (tertiary/aromatic N) is 1. The lowest BCUT2D eigenvalue weighted by Gasteiger charge is -2.23. The van der Waals surface area contributed by atoms with Crippen LogP contribution in [0.1, 0.15) is 24.1 Å². The summed E-state index contributed by atoms with van der Waals surface area (Å²) in [5, 5.41) is 9.68. The highest BCUT2D eigenvalue weighted by atomic mass is 32.1. The van der Waals surface area contributed by atoms with Crippen molar-refractivity contribution in [2.45, 2.75) is 25.8 Å². The van der Waals surface area contributed by atoms with Crippen molar-refractivity contribution in [3.05, 3.63) is 47.1 Å². The molecular weight excluding hydrogens is 325 g/mol. The molecule has 2 aliphatic rings. The Bertz CT molecular complexity index is 774. The molecule has 4 rings (SSSR count). The Labute approximate surface area is 144 Å². The predicted molar refractivity (Wildman–Crippen MR) is 92.4 cm³/mol. The highest BCUT2D eigenvalue weighted by Crippen LogP contribution is 2.49. The summed E-state index contributed by atoms with van der Waals surface area (Å²) < 4.78 is 13.4. The maximum atomic E-state index is 13.4. The van der Waals surface area contributed by atoms with Crippen molar-refractivity contribution in [2.24, 2.45) is 11.3 Å². The summed E-state index contributed by atoms with van der Waals surface area (Å²) in [6, 6.07) is 10.7. The summed E-state index contributed by atoms with van der Waals surface area (Å²) in [6.07, 6.45) is 2.87. The van der Waals surface area contributed by atoms with Crippen LogP contribution in [0.2, 0.25) is 0 Å². The molecule has 1 saturated heterocycles. The van der Waals surface area contributed by atoms with Gasteiger partial charge in [0.25, 0.3) is 0 Å². The molecule has 2 heterocycles. The summed E-state index contributed by atoms with van der Waals surface area (Å²) >= 11 is 1.66. The SMILES string of the molecule is O=C(O)[C@@]12CCC[C@H]1CN(Cc1ccc(-c3cccc(F)c3)s1)C2. The zero-order valence-electron chi connectivity index (χ0n) is 13.4. The van der Waals surface area contributed by atoms with E-state index in [1.807, 2.05) is 12.1 Å². The fourth-order valence-electron chi connectivity index (χ4n) is 4.34. The van der Waals surface area contributed by atoms with Gasteiger partial charge in [0.1, 0.15) is 5.82 Å². The minimum atomic E-state index is -0.626. The van der Waals surface area contributed by atoms with Gasteiger partial charge in [-0.2, -0.15) is 0 Å². The zero-order valence-corrected chi connectivity index (χ0v) is 14.2. The van der Waals surface area contributed by atoms with E-state index in [2.05, 4.69) is 11.0 Å². The van der Waals surface area contributed by atoms with Crippen LogP contribution in [0, 0.1) is 17.2 Å². The van der Waals surface area contributed by atoms with Crippen molar-refractivity contribution >= 4 is 17.3 Å². The lowest BCUT2D eigenvalue weighted by atomic mass is 9.81. The molecule has 2 aromatic rings. The molecule has 24 heavy (non-hydrogen) atoms. The Kier molecular flexibility index (Phi) is 3.93. The first-order chi connectivity index (χ1) is 11.6. The molecule has 0 amide bonds. The lowest BCUT2D eigenvalue weighted by Crippen LogP contribution is -2.35. The molecule has 1 saturated carbocycles. The molecule has 0 bridgehead atoms. The van der Waals surface area contributed by atoms with Crippen LogP contribution >= 0.6 is 11.3 Å². The van der Waals surface area contributed by atoms with E-state index >= 15 is 0 Å². The van der Waals surface area contributed by atoms with E-state index in [0.29, 0.717) is 6.54 Å². The number of carboxylic acid groups (broad SMARTS) is 1. The van der Waals surface area contributed by atoms with Crippen LogP contribution in [0.3, 0.4) is 0 Å². The van der Waals surface area contributed by atoms with Crippen LogP contribution in [0.15, 0.2) is 36.4 Å². The summed E-state index contributed by atoms with van der Waals surface area (Å²) in [6.45, 7) is 2.31. The van der Waals surface area contributed by atoms with Gasteiger partial charge in [-0.25, -0.2) is 4.39 Å². The molecule has 1 aliphatic carbocycles. The number of fused-ring (bicyclic) bond motifs is 1. The van der Waals surface area contributed by atoms with E-state index in [1.165, 1.54) is 10.9 Å². The Morgan fingerprint density at radius 2 is 2.25 bits per heavy atom. The van der Waals surface area contributed by atoms with Crippen LogP contribution < -0.4 is 0 Å². The van der Waals surface area contributed by atoms with Crippen molar-refractivity contribution in [1.82, 2.24) is 4.90 Å². The number of benzene rings is 1. The Balaban J connectivity index is 1.48. The Morgan fingerprint density at radius 1 is 1.38 bits per heavy atom. The first-order valence-corrected chi connectivity index (χ1v) is 9.19. The number of rotatable bonds is 4. The number of aliphatic carboxylic acids is 1.